The van der Waals surface area contributed by atoms with E-state index in [9.17, 15) is 0 Å². The van der Waals surface area contributed by atoms with Crippen molar-refractivity contribution in [3.05, 3.63) is 60.2 Å². The van der Waals surface area contributed by atoms with Crippen LogP contribution in [0.1, 0.15) is 18.0 Å². The zero-order chi connectivity index (χ0) is 13.5. The Morgan fingerprint density at radius 2 is 1.68 bits per heavy atom. The van der Waals surface area contributed by atoms with Gasteiger partial charge in [-0.15, -0.1) is 0 Å². The summed E-state index contributed by atoms with van der Waals surface area (Å²) in [5.41, 5.74) is 1.09. The molecule has 1 unspecified atom stereocenters. The molecular formula is C16H16N2O. The SMILES string of the molecule is CNC(CC#N)c1ccc(Oc2ccccc2)cc1. The molecule has 0 aromatic heterocycles. The van der Waals surface area contributed by atoms with Crippen LogP contribution in [0, 0.1) is 11.3 Å². The molecular weight excluding hydrogens is 236 g/mol. The van der Waals surface area contributed by atoms with Gasteiger partial charge in [-0.2, -0.15) is 5.26 Å². The van der Waals surface area contributed by atoms with Gasteiger partial charge in [0.15, 0.2) is 0 Å². The number of hydrogen-bond donors (Lipinski definition) is 1. The summed E-state index contributed by atoms with van der Waals surface area (Å²) >= 11 is 0. The number of ether oxygens (including phenoxy) is 1. The minimum absolute atomic E-state index is 0.0655. The van der Waals surface area contributed by atoms with Crippen molar-refractivity contribution in [3.63, 3.8) is 0 Å². The first-order valence-electron chi connectivity index (χ1n) is 6.20. The fourth-order valence-electron chi connectivity index (χ4n) is 1.87. The van der Waals surface area contributed by atoms with Crippen molar-refractivity contribution in [3.8, 4) is 17.6 Å². The third-order valence-corrected chi connectivity index (χ3v) is 2.91. The number of nitrogens with one attached hydrogen (secondary N) is 1. The third kappa shape index (κ3) is 3.57. The minimum Gasteiger partial charge on any atom is -0.457 e. The van der Waals surface area contributed by atoms with Crippen molar-refractivity contribution >= 4 is 0 Å². The summed E-state index contributed by atoms with van der Waals surface area (Å²) in [5, 5.41) is 11.9. The Balaban J connectivity index is 2.08. The normalized spacial score (nSPS) is 11.6. The predicted molar refractivity (Wildman–Crippen MR) is 75.0 cm³/mol. The van der Waals surface area contributed by atoms with Crippen molar-refractivity contribution in [2.24, 2.45) is 0 Å². The summed E-state index contributed by atoms with van der Waals surface area (Å²) in [6.45, 7) is 0. The van der Waals surface area contributed by atoms with Gasteiger partial charge >= 0.3 is 0 Å². The monoisotopic (exact) mass is 252 g/mol. The lowest BCUT2D eigenvalue weighted by Crippen LogP contribution is -2.15. The molecule has 0 radical (unpaired) electrons. The summed E-state index contributed by atoms with van der Waals surface area (Å²) in [7, 11) is 1.86. The fourth-order valence-corrected chi connectivity index (χ4v) is 1.87. The molecule has 0 bridgehead atoms. The van der Waals surface area contributed by atoms with Crippen molar-refractivity contribution in [1.82, 2.24) is 5.32 Å². The highest BCUT2D eigenvalue weighted by molar-refractivity contribution is 5.34. The number of nitrogens with zero attached hydrogens (tertiary/aromatic N) is 1. The Morgan fingerprint density at radius 1 is 1.05 bits per heavy atom. The lowest BCUT2D eigenvalue weighted by Gasteiger charge is -2.13. The summed E-state index contributed by atoms with van der Waals surface area (Å²) in [4.78, 5) is 0. The number of hydrogen-bond acceptors (Lipinski definition) is 3. The van der Waals surface area contributed by atoms with E-state index in [4.69, 9.17) is 10.00 Å². The first-order valence-corrected chi connectivity index (χ1v) is 6.20. The molecule has 0 saturated heterocycles. The zero-order valence-electron chi connectivity index (χ0n) is 10.8. The van der Waals surface area contributed by atoms with Gasteiger partial charge in [0.1, 0.15) is 11.5 Å². The summed E-state index contributed by atoms with van der Waals surface area (Å²) in [6, 6.07) is 19.7. The molecule has 0 aliphatic carbocycles. The number of benzene rings is 2. The molecule has 2 aromatic rings. The van der Waals surface area contributed by atoms with E-state index in [1.54, 1.807) is 0 Å². The van der Waals surface area contributed by atoms with Gasteiger partial charge in [-0.3, -0.25) is 0 Å². The van der Waals surface area contributed by atoms with Gasteiger partial charge in [0.05, 0.1) is 12.5 Å². The van der Waals surface area contributed by atoms with Gasteiger partial charge in [-0.1, -0.05) is 30.3 Å². The smallest absolute Gasteiger partial charge is 0.127 e. The second-order valence-corrected chi connectivity index (χ2v) is 4.19. The highest BCUT2D eigenvalue weighted by Gasteiger charge is 2.08. The molecule has 3 nitrogen and oxygen atoms in total. The summed E-state index contributed by atoms with van der Waals surface area (Å²) < 4.78 is 5.72. The quantitative estimate of drug-likeness (QED) is 0.883. The fraction of sp³-hybridized carbons (Fsp3) is 0.188. The molecule has 0 amide bonds. The molecule has 0 aliphatic rings. The molecule has 2 rings (SSSR count). The first kappa shape index (κ1) is 13.1. The average molecular weight is 252 g/mol. The van der Waals surface area contributed by atoms with Gasteiger partial charge in [-0.05, 0) is 36.9 Å². The largest absolute Gasteiger partial charge is 0.457 e. The highest BCUT2D eigenvalue weighted by Crippen LogP contribution is 2.24. The van der Waals surface area contributed by atoms with Crippen molar-refractivity contribution < 1.29 is 4.74 Å². The van der Waals surface area contributed by atoms with Gasteiger partial charge < -0.3 is 10.1 Å². The molecule has 1 N–H and O–H groups in total. The average Bonchev–Trinajstić information content (AvgIpc) is 2.47. The molecule has 96 valence electrons. The second kappa shape index (κ2) is 6.58. The minimum atomic E-state index is 0.0655. The Bertz CT molecular complexity index is 543. The van der Waals surface area contributed by atoms with E-state index >= 15 is 0 Å². The molecule has 1 atom stereocenters. The van der Waals surface area contributed by atoms with Crippen LogP contribution in [0.25, 0.3) is 0 Å². The number of para-hydroxylation sites is 1. The molecule has 0 aliphatic heterocycles. The molecule has 3 heteroatoms. The Labute approximate surface area is 113 Å². The Kier molecular flexibility index (Phi) is 4.54. The van der Waals surface area contributed by atoms with Crippen LogP contribution in [0.15, 0.2) is 54.6 Å². The lowest BCUT2D eigenvalue weighted by atomic mass is 10.0. The number of nitriles is 1. The first-order chi connectivity index (χ1) is 9.33. The van der Waals surface area contributed by atoms with E-state index in [1.165, 1.54) is 0 Å². The molecule has 0 fully saturated rings. The van der Waals surface area contributed by atoms with Gasteiger partial charge in [0.25, 0.3) is 0 Å². The van der Waals surface area contributed by atoms with Crippen LogP contribution in [0.3, 0.4) is 0 Å². The van der Waals surface area contributed by atoms with Crippen LogP contribution in [0.4, 0.5) is 0 Å². The maximum atomic E-state index is 8.76. The lowest BCUT2D eigenvalue weighted by molar-refractivity contribution is 0.482. The maximum absolute atomic E-state index is 8.76. The zero-order valence-corrected chi connectivity index (χ0v) is 10.8. The molecule has 0 saturated carbocycles. The van der Waals surface area contributed by atoms with E-state index in [1.807, 2.05) is 61.6 Å². The van der Waals surface area contributed by atoms with E-state index in [-0.39, 0.29) is 6.04 Å². The van der Waals surface area contributed by atoms with Crippen LogP contribution in [0.5, 0.6) is 11.5 Å². The molecule has 0 spiro atoms. The van der Waals surface area contributed by atoms with Crippen LogP contribution >= 0.6 is 0 Å². The van der Waals surface area contributed by atoms with Gasteiger partial charge in [-0.25, -0.2) is 0 Å². The third-order valence-electron chi connectivity index (χ3n) is 2.91. The topological polar surface area (TPSA) is 45.0 Å². The standard InChI is InChI=1S/C16H16N2O/c1-18-16(11-12-17)13-7-9-15(10-8-13)19-14-5-3-2-4-6-14/h2-10,16,18H,11H2,1H3. The van der Waals surface area contributed by atoms with Crippen molar-refractivity contribution in [1.29, 1.82) is 5.26 Å². The number of rotatable bonds is 5. The Hall–Kier alpha value is -2.31. The van der Waals surface area contributed by atoms with Crippen LogP contribution in [0.2, 0.25) is 0 Å². The van der Waals surface area contributed by atoms with Crippen LogP contribution in [-0.4, -0.2) is 7.05 Å². The van der Waals surface area contributed by atoms with Crippen LogP contribution < -0.4 is 10.1 Å². The molecule has 2 aromatic carbocycles. The molecule has 19 heavy (non-hydrogen) atoms. The second-order valence-electron chi connectivity index (χ2n) is 4.19. The van der Waals surface area contributed by atoms with Gasteiger partial charge in [0.2, 0.25) is 0 Å². The highest BCUT2D eigenvalue weighted by atomic mass is 16.5. The Morgan fingerprint density at radius 3 is 2.26 bits per heavy atom. The summed E-state index contributed by atoms with van der Waals surface area (Å²) in [6.07, 6.45) is 0.454. The van der Waals surface area contributed by atoms with E-state index in [0.29, 0.717) is 6.42 Å². The molecule has 0 heterocycles. The summed E-state index contributed by atoms with van der Waals surface area (Å²) in [5.74, 6) is 1.61. The van der Waals surface area contributed by atoms with Gasteiger partial charge in [0, 0.05) is 6.04 Å². The predicted octanol–water partition coefficient (Wildman–Crippen LogP) is 3.65. The van der Waals surface area contributed by atoms with E-state index < -0.39 is 0 Å². The van der Waals surface area contributed by atoms with E-state index in [2.05, 4.69) is 11.4 Å². The van der Waals surface area contributed by atoms with Crippen molar-refractivity contribution in [2.75, 3.05) is 7.05 Å². The van der Waals surface area contributed by atoms with Crippen LogP contribution in [-0.2, 0) is 0 Å². The van der Waals surface area contributed by atoms with E-state index in [0.717, 1.165) is 17.1 Å². The van der Waals surface area contributed by atoms with Crippen molar-refractivity contribution in [2.45, 2.75) is 12.5 Å². The maximum Gasteiger partial charge on any atom is 0.127 e.